The molecule has 0 bridgehead atoms. The molecular formula is C19H26N6O3. The van der Waals surface area contributed by atoms with Gasteiger partial charge in [-0.2, -0.15) is 10.1 Å². The lowest BCUT2D eigenvalue weighted by atomic mass is 9.93. The van der Waals surface area contributed by atoms with Gasteiger partial charge in [0, 0.05) is 18.3 Å². The fourth-order valence-corrected chi connectivity index (χ4v) is 2.90. The van der Waals surface area contributed by atoms with Gasteiger partial charge in [-0.25, -0.2) is 0 Å². The second-order valence-electron chi connectivity index (χ2n) is 6.70. The van der Waals surface area contributed by atoms with Crippen molar-refractivity contribution in [3.05, 3.63) is 35.2 Å². The minimum Gasteiger partial charge on any atom is -0.476 e. The number of anilines is 1. The third-order valence-electron chi connectivity index (χ3n) is 4.24. The van der Waals surface area contributed by atoms with Gasteiger partial charge in [0.2, 0.25) is 5.88 Å². The Morgan fingerprint density at radius 2 is 2.21 bits per heavy atom. The zero-order chi connectivity index (χ0) is 19.9. The number of carbonyl (C=O) groups excluding carboxylic acids is 1. The molecule has 2 aromatic heterocycles. The number of fused-ring (bicyclic) bond motifs is 1. The van der Waals surface area contributed by atoms with Gasteiger partial charge >= 0.3 is 0 Å². The zero-order valence-electron chi connectivity index (χ0n) is 16.5. The topological polar surface area (TPSA) is 105 Å². The molecule has 0 aliphatic heterocycles. The summed E-state index contributed by atoms with van der Waals surface area (Å²) in [5, 5.41) is 14.1. The number of oxime groups is 1. The van der Waals surface area contributed by atoms with Crippen LogP contribution < -0.4 is 10.1 Å². The molecule has 28 heavy (non-hydrogen) atoms. The van der Waals surface area contributed by atoms with Crippen LogP contribution in [0.2, 0.25) is 0 Å². The van der Waals surface area contributed by atoms with Crippen LogP contribution in [0, 0.1) is 0 Å². The quantitative estimate of drug-likeness (QED) is 0.673. The molecular weight excluding hydrogens is 360 g/mol. The van der Waals surface area contributed by atoms with Gasteiger partial charge < -0.3 is 19.8 Å². The first kappa shape index (κ1) is 19.8. The lowest BCUT2D eigenvalue weighted by Crippen LogP contribution is -2.21. The van der Waals surface area contributed by atoms with E-state index in [1.165, 1.54) is 0 Å². The Kier molecular flexibility index (Phi) is 6.59. The highest BCUT2D eigenvalue weighted by molar-refractivity contribution is 6.13. The molecule has 0 saturated heterocycles. The number of hydrogen-bond acceptors (Lipinski definition) is 7. The summed E-state index contributed by atoms with van der Waals surface area (Å²) >= 11 is 0. The first-order chi connectivity index (χ1) is 13.6. The Morgan fingerprint density at radius 1 is 1.36 bits per heavy atom. The lowest BCUT2D eigenvalue weighted by molar-refractivity contribution is 0.102. The molecule has 1 amide bonds. The van der Waals surface area contributed by atoms with E-state index in [0.717, 1.165) is 42.8 Å². The number of nitrogens with one attached hydrogen (secondary N) is 2. The SMILES string of the molecule is CCON=C1CCCc2[nH]nc(C(=O)Nc3cccc(OCCN(C)C)n3)c21. The van der Waals surface area contributed by atoms with Crippen molar-refractivity contribution in [1.82, 2.24) is 20.1 Å². The maximum absolute atomic E-state index is 12.8. The van der Waals surface area contributed by atoms with Crippen molar-refractivity contribution >= 4 is 17.4 Å². The van der Waals surface area contributed by atoms with Crippen LogP contribution in [0.5, 0.6) is 5.88 Å². The van der Waals surface area contributed by atoms with E-state index in [2.05, 4.69) is 25.7 Å². The van der Waals surface area contributed by atoms with Gasteiger partial charge in [0.1, 0.15) is 19.0 Å². The van der Waals surface area contributed by atoms with Crippen LogP contribution in [-0.4, -0.2) is 65.6 Å². The largest absolute Gasteiger partial charge is 0.476 e. The van der Waals surface area contributed by atoms with E-state index >= 15 is 0 Å². The number of ether oxygens (including phenoxy) is 1. The first-order valence-electron chi connectivity index (χ1n) is 9.41. The zero-order valence-corrected chi connectivity index (χ0v) is 16.5. The summed E-state index contributed by atoms with van der Waals surface area (Å²) in [7, 11) is 3.95. The molecule has 0 radical (unpaired) electrons. The molecule has 2 N–H and O–H groups in total. The molecule has 1 aliphatic rings. The van der Waals surface area contributed by atoms with Gasteiger partial charge in [0.15, 0.2) is 5.69 Å². The summed E-state index contributed by atoms with van der Waals surface area (Å²) in [6, 6.07) is 5.26. The Morgan fingerprint density at radius 3 is 3.00 bits per heavy atom. The van der Waals surface area contributed by atoms with Crippen LogP contribution >= 0.6 is 0 Å². The van der Waals surface area contributed by atoms with E-state index < -0.39 is 0 Å². The third-order valence-corrected chi connectivity index (χ3v) is 4.24. The average Bonchev–Trinajstić information content (AvgIpc) is 3.11. The minimum absolute atomic E-state index is 0.300. The van der Waals surface area contributed by atoms with Gasteiger partial charge in [-0.3, -0.25) is 9.89 Å². The Labute approximate surface area is 164 Å². The number of aromatic nitrogens is 3. The molecule has 0 fully saturated rings. The van der Waals surface area contributed by atoms with E-state index in [0.29, 0.717) is 30.6 Å². The summed E-state index contributed by atoms with van der Waals surface area (Å²) in [6.07, 6.45) is 2.52. The summed E-state index contributed by atoms with van der Waals surface area (Å²) in [6.45, 7) is 3.64. The van der Waals surface area contributed by atoms with Gasteiger partial charge in [-0.1, -0.05) is 11.2 Å². The molecule has 0 spiro atoms. The molecule has 150 valence electrons. The van der Waals surface area contributed by atoms with Crippen molar-refractivity contribution in [2.24, 2.45) is 5.16 Å². The molecule has 0 atom stereocenters. The number of pyridine rings is 1. The van der Waals surface area contributed by atoms with E-state index in [1.54, 1.807) is 18.2 Å². The highest BCUT2D eigenvalue weighted by Crippen LogP contribution is 2.24. The summed E-state index contributed by atoms with van der Waals surface area (Å²) in [4.78, 5) is 24.4. The van der Waals surface area contributed by atoms with Crippen LogP contribution in [-0.2, 0) is 11.3 Å². The van der Waals surface area contributed by atoms with E-state index in [1.807, 2.05) is 25.9 Å². The average molecular weight is 386 g/mol. The number of nitrogens with zero attached hydrogens (tertiary/aromatic N) is 4. The van der Waals surface area contributed by atoms with E-state index in [-0.39, 0.29) is 5.91 Å². The van der Waals surface area contributed by atoms with Gasteiger partial charge in [0.25, 0.3) is 5.91 Å². The molecule has 2 aromatic rings. The number of aromatic amines is 1. The molecule has 0 aromatic carbocycles. The number of likely N-dealkylation sites (N-methyl/N-ethyl adjacent to an activating group) is 1. The number of carbonyl (C=O) groups is 1. The highest BCUT2D eigenvalue weighted by atomic mass is 16.6. The fourth-order valence-electron chi connectivity index (χ4n) is 2.90. The van der Waals surface area contributed by atoms with Gasteiger partial charge in [-0.15, -0.1) is 0 Å². The Balaban J connectivity index is 1.73. The second kappa shape index (κ2) is 9.32. The molecule has 9 heteroatoms. The smallest absolute Gasteiger partial charge is 0.278 e. The van der Waals surface area contributed by atoms with Crippen molar-refractivity contribution in [2.75, 3.05) is 39.2 Å². The minimum atomic E-state index is -0.346. The van der Waals surface area contributed by atoms with Crippen LogP contribution in [0.25, 0.3) is 0 Å². The predicted molar refractivity (Wildman–Crippen MR) is 106 cm³/mol. The summed E-state index contributed by atoms with van der Waals surface area (Å²) < 4.78 is 5.62. The first-order valence-corrected chi connectivity index (χ1v) is 9.41. The van der Waals surface area contributed by atoms with Crippen molar-refractivity contribution in [2.45, 2.75) is 26.2 Å². The number of amides is 1. The van der Waals surface area contributed by atoms with Crippen LogP contribution in [0.1, 0.15) is 41.5 Å². The maximum atomic E-state index is 12.8. The Bertz CT molecular complexity index is 846. The number of aryl methyl sites for hydroxylation is 1. The van der Waals surface area contributed by atoms with Crippen LogP contribution in [0.15, 0.2) is 23.4 Å². The lowest BCUT2D eigenvalue weighted by Gasteiger charge is -2.14. The third kappa shape index (κ3) is 4.86. The monoisotopic (exact) mass is 386 g/mol. The molecule has 3 rings (SSSR count). The van der Waals surface area contributed by atoms with Crippen molar-refractivity contribution in [3.63, 3.8) is 0 Å². The molecule has 0 unspecified atom stereocenters. The second-order valence-corrected chi connectivity index (χ2v) is 6.70. The Hall–Kier alpha value is -2.94. The van der Waals surface area contributed by atoms with Crippen molar-refractivity contribution in [3.8, 4) is 5.88 Å². The van der Waals surface area contributed by atoms with Gasteiger partial charge in [0.05, 0.1) is 11.3 Å². The number of hydrogen-bond donors (Lipinski definition) is 2. The van der Waals surface area contributed by atoms with E-state index in [9.17, 15) is 4.79 Å². The van der Waals surface area contributed by atoms with E-state index in [4.69, 9.17) is 9.57 Å². The van der Waals surface area contributed by atoms with Crippen molar-refractivity contribution in [1.29, 1.82) is 0 Å². The predicted octanol–water partition coefficient (Wildman–Crippen LogP) is 2.07. The number of H-pyrrole nitrogens is 1. The molecule has 2 heterocycles. The maximum Gasteiger partial charge on any atom is 0.278 e. The highest BCUT2D eigenvalue weighted by Gasteiger charge is 2.27. The number of rotatable bonds is 8. The summed E-state index contributed by atoms with van der Waals surface area (Å²) in [5.74, 6) is 0.520. The summed E-state index contributed by atoms with van der Waals surface area (Å²) in [5.41, 5.74) is 2.68. The van der Waals surface area contributed by atoms with Crippen LogP contribution in [0.4, 0.5) is 5.82 Å². The van der Waals surface area contributed by atoms with Gasteiger partial charge in [-0.05, 0) is 46.3 Å². The van der Waals surface area contributed by atoms with Crippen LogP contribution in [0.3, 0.4) is 0 Å². The standard InChI is InChI=1S/C19H26N6O3/c1-4-28-24-14-8-5-7-13-17(14)18(23-22-13)19(26)21-15-9-6-10-16(20-15)27-12-11-25(2)3/h6,9-10H,4-5,7-8,11-12H2,1-3H3,(H,22,23)(H,20,21,26). The normalized spacial score (nSPS) is 14.8. The molecule has 1 aliphatic carbocycles. The fraction of sp³-hybridized carbons (Fsp3) is 0.474. The molecule has 0 saturated carbocycles. The van der Waals surface area contributed by atoms with Crippen molar-refractivity contribution < 1.29 is 14.4 Å². The molecule has 9 nitrogen and oxygen atoms in total.